The van der Waals surface area contributed by atoms with Crippen LogP contribution in [0.3, 0.4) is 0 Å². The maximum Gasteiger partial charge on any atom is 0.243 e. The standard InChI is InChI=1S/C14H20N4O2S/c1-10-5-6-11(2)14(13(10)15)21(19,20)17-12(3)9-18-8-4-7-16-18/h4-8,12,17H,9,15H2,1-3H3. The first-order valence-corrected chi connectivity index (χ1v) is 8.15. The maximum absolute atomic E-state index is 12.5. The van der Waals surface area contributed by atoms with Gasteiger partial charge in [0, 0.05) is 18.4 Å². The molecule has 1 atom stereocenters. The summed E-state index contributed by atoms with van der Waals surface area (Å²) in [4.78, 5) is 0.162. The smallest absolute Gasteiger partial charge is 0.243 e. The van der Waals surface area contributed by atoms with Gasteiger partial charge in [-0.3, -0.25) is 4.68 Å². The Morgan fingerprint density at radius 2 is 2.00 bits per heavy atom. The monoisotopic (exact) mass is 308 g/mol. The van der Waals surface area contributed by atoms with Crippen molar-refractivity contribution in [1.82, 2.24) is 14.5 Å². The first-order chi connectivity index (χ1) is 9.81. The third-order valence-corrected chi connectivity index (χ3v) is 5.05. The number of rotatable bonds is 5. The summed E-state index contributed by atoms with van der Waals surface area (Å²) >= 11 is 0. The van der Waals surface area contributed by atoms with Crippen molar-refractivity contribution in [3.8, 4) is 0 Å². The normalized spacial score (nSPS) is 13.3. The summed E-state index contributed by atoms with van der Waals surface area (Å²) in [7, 11) is -3.66. The van der Waals surface area contributed by atoms with Gasteiger partial charge in [0.25, 0.3) is 0 Å². The Bertz CT molecular complexity index is 724. The average Bonchev–Trinajstić information content (AvgIpc) is 2.85. The Morgan fingerprint density at radius 3 is 2.62 bits per heavy atom. The highest BCUT2D eigenvalue weighted by Crippen LogP contribution is 2.25. The first kappa shape index (κ1) is 15.5. The van der Waals surface area contributed by atoms with Crippen molar-refractivity contribution < 1.29 is 8.42 Å². The lowest BCUT2D eigenvalue weighted by molar-refractivity contribution is 0.494. The maximum atomic E-state index is 12.5. The predicted molar refractivity (Wildman–Crippen MR) is 82.3 cm³/mol. The van der Waals surface area contributed by atoms with E-state index in [1.54, 1.807) is 50.0 Å². The van der Waals surface area contributed by atoms with Gasteiger partial charge in [-0.05, 0) is 38.0 Å². The number of nitrogens with zero attached hydrogens (tertiary/aromatic N) is 2. The van der Waals surface area contributed by atoms with Crippen LogP contribution >= 0.6 is 0 Å². The largest absolute Gasteiger partial charge is 0.397 e. The van der Waals surface area contributed by atoms with Gasteiger partial charge >= 0.3 is 0 Å². The number of aromatic nitrogens is 2. The van der Waals surface area contributed by atoms with E-state index in [2.05, 4.69) is 9.82 Å². The Balaban J connectivity index is 2.25. The van der Waals surface area contributed by atoms with E-state index in [1.807, 2.05) is 6.07 Å². The van der Waals surface area contributed by atoms with Crippen molar-refractivity contribution in [2.75, 3.05) is 5.73 Å². The molecule has 0 saturated carbocycles. The van der Waals surface area contributed by atoms with E-state index in [0.717, 1.165) is 5.56 Å². The summed E-state index contributed by atoms with van der Waals surface area (Å²) in [5.74, 6) is 0. The zero-order valence-corrected chi connectivity index (χ0v) is 13.2. The molecule has 2 rings (SSSR count). The second-order valence-electron chi connectivity index (χ2n) is 5.19. The molecule has 0 aliphatic carbocycles. The second kappa shape index (κ2) is 5.87. The molecule has 0 aliphatic rings. The Morgan fingerprint density at radius 1 is 1.33 bits per heavy atom. The lowest BCUT2D eigenvalue weighted by atomic mass is 10.1. The summed E-state index contributed by atoms with van der Waals surface area (Å²) in [6.07, 6.45) is 3.45. The molecule has 6 nitrogen and oxygen atoms in total. The number of nitrogens with two attached hydrogens (primary N) is 1. The van der Waals surface area contributed by atoms with E-state index in [0.29, 0.717) is 17.8 Å². The summed E-state index contributed by atoms with van der Waals surface area (Å²) in [6, 6.07) is 5.08. The number of sulfonamides is 1. The Hall–Kier alpha value is -1.86. The zero-order valence-electron chi connectivity index (χ0n) is 12.4. The van der Waals surface area contributed by atoms with E-state index >= 15 is 0 Å². The van der Waals surface area contributed by atoms with Crippen LogP contribution in [0.15, 0.2) is 35.5 Å². The van der Waals surface area contributed by atoms with Crippen LogP contribution in [0.4, 0.5) is 5.69 Å². The molecule has 1 aromatic heterocycles. The van der Waals surface area contributed by atoms with Crippen LogP contribution in [-0.4, -0.2) is 24.2 Å². The quantitative estimate of drug-likeness (QED) is 0.818. The molecule has 1 heterocycles. The number of hydrogen-bond donors (Lipinski definition) is 2. The van der Waals surface area contributed by atoms with Gasteiger partial charge in [0.1, 0.15) is 4.90 Å². The summed E-state index contributed by atoms with van der Waals surface area (Å²) in [5, 5.41) is 4.07. The van der Waals surface area contributed by atoms with Crippen LogP contribution in [0.2, 0.25) is 0 Å². The van der Waals surface area contributed by atoms with E-state index in [1.165, 1.54) is 0 Å². The molecular weight excluding hydrogens is 288 g/mol. The molecule has 2 aromatic rings. The average molecular weight is 308 g/mol. The number of nitrogen functional groups attached to an aromatic ring is 1. The minimum Gasteiger partial charge on any atom is -0.397 e. The number of benzene rings is 1. The second-order valence-corrected chi connectivity index (χ2v) is 6.84. The topological polar surface area (TPSA) is 90.0 Å². The molecule has 0 fully saturated rings. The fourth-order valence-corrected chi connectivity index (χ4v) is 3.88. The SMILES string of the molecule is Cc1ccc(C)c(S(=O)(=O)NC(C)Cn2cccn2)c1N. The Labute approximate surface area is 125 Å². The molecule has 1 aromatic carbocycles. The molecule has 0 amide bonds. The lowest BCUT2D eigenvalue weighted by Gasteiger charge is -2.17. The summed E-state index contributed by atoms with van der Waals surface area (Å²) < 4.78 is 29.4. The van der Waals surface area contributed by atoms with E-state index < -0.39 is 10.0 Å². The Kier molecular flexibility index (Phi) is 4.34. The molecule has 0 radical (unpaired) electrons. The fourth-order valence-electron chi connectivity index (χ4n) is 2.21. The molecular formula is C14H20N4O2S. The van der Waals surface area contributed by atoms with Crippen molar-refractivity contribution >= 4 is 15.7 Å². The van der Waals surface area contributed by atoms with Crippen molar-refractivity contribution in [2.24, 2.45) is 0 Å². The molecule has 0 aliphatic heterocycles. The van der Waals surface area contributed by atoms with Gasteiger partial charge in [-0.15, -0.1) is 0 Å². The summed E-state index contributed by atoms with van der Waals surface area (Å²) in [6.45, 7) is 5.78. The van der Waals surface area contributed by atoms with E-state index in [9.17, 15) is 8.42 Å². The third kappa shape index (κ3) is 3.43. The molecule has 21 heavy (non-hydrogen) atoms. The van der Waals surface area contributed by atoms with Crippen LogP contribution in [0, 0.1) is 13.8 Å². The molecule has 114 valence electrons. The highest BCUT2D eigenvalue weighted by Gasteiger charge is 2.23. The van der Waals surface area contributed by atoms with Gasteiger partial charge in [-0.1, -0.05) is 12.1 Å². The van der Waals surface area contributed by atoms with Crippen molar-refractivity contribution in [3.05, 3.63) is 41.7 Å². The van der Waals surface area contributed by atoms with Crippen LogP contribution in [0.5, 0.6) is 0 Å². The van der Waals surface area contributed by atoms with Gasteiger partial charge in [0.2, 0.25) is 10.0 Å². The number of aryl methyl sites for hydroxylation is 2. The van der Waals surface area contributed by atoms with Crippen molar-refractivity contribution in [1.29, 1.82) is 0 Å². The minimum atomic E-state index is -3.66. The van der Waals surface area contributed by atoms with Crippen molar-refractivity contribution in [3.63, 3.8) is 0 Å². The number of hydrogen-bond acceptors (Lipinski definition) is 4. The van der Waals surface area contributed by atoms with Crippen molar-refractivity contribution in [2.45, 2.75) is 38.3 Å². The van der Waals surface area contributed by atoms with Crippen LogP contribution < -0.4 is 10.5 Å². The highest BCUT2D eigenvalue weighted by molar-refractivity contribution is 7.89. The highest BCUT2D eigenvalue weighted by atomic mass is 32.2. The zero-order chi connectivity index (χ0) is 15.6. The summed E-state index contributed by atoms with van der Waals surface area (Å²) in [5.41, 5.74) is 7.63. The van der Waals surface area contributed by atoms with Gasteiger partial charge in [-0.2, -0.15) is 5.10 Å². The van der Waals surface area contributed by atoms with Gasteiger partial charge < -0.3 is 5.73 Å². The first-order valence-electron chi connectivity index (χ1n) is 6.66. The molecule has 7 heteroatoms. The number of nitrogens with one attached hydrogen (secondary N) is 1. The van der Waals surface area contributed by atoms with Crippen LogP contribution in [0.1, 0.15) is 18.1 Å². The molecule has 0 spiro atoms. The molecule has 1 unspecified atom stereocenters. The van der Waals surface area contributed by atoms with E-state index in [4.69, 9.17) is 5.73 Å². The van der Waals surface area contributed by atoms with Gasteiger partial charge in [0.15, 0.2) is 0 Å². The molecule has 0 bridgehead atoms. The lowest BCUT2D eigenvalue weighted by Crippen LogP contribution is -2.36. The number of anilines is 1. The predicted octanol–water partition coefficient (Wildman–Crippen LogP) is 1.45. The fraction of sp³-hybridized carbons (Fsp3) is 0.357. The molecule has 0 saturated heterocycles. The van der Waals surface area contributed by atoms with Crippen LogP contribution in [0.25, 0.3) is 0 Å². The van der Waals surface area contributed by atoms with E-state index in [-0.39, 0.29) is 10.9 Å². The minimum absolute atomic E-state index is 0.162. The third-order valence-electron chi connectivity index (χ3n) is 3.26. The van der Waals surface area contributed by atoms with Gasteiger partial charge in [-0.25, -0.2) is 13.1 Å². The van der Waals surface area contributed by atoms with Crippen LogP contribution in [-0.2, 0) is 16.6 Å². The molecule has 3 N–H and O–H groups in total. The van der Waals surface area contributed by atoms with Gasteiger partial charge in [0.05, 0.1) is 12.2 Å².